The van der Waals surface area contributed by atoms with Crippen LogP contribution in [0.3, 0.4) is 0 Å². The summed E-state index contributed by atoms with van der Waals surface area (Å²) in [5.74, 6) is -0.328. The Morgan fingerprint density at radius 3 is 2.28 bits per heavy atom. The van der Waals surface area contributed by atoms with Crippen molar-refractivity contribution in [2.45, 2.75) is 26.3 Å². The van der Waals surface area contributed by atoms with Gasteiger partial charge < -0.3 is 10.6 Å². The molecule has 0 aliphatic carbocycles. The molecule has 0 bridgehead atoms. The van der Waals surface area contributed by atoms with Gasteiger partial charge in [-0.05, 0) is 32.9 Å². The van der Waals surface area contributed by atoms with Gasteiger partial charge in [-0.15, -0.1) is 0 Å². The fourth-order valence-electron chi connectivity index (χ4n) is 2.42. The fraction of sp³-hybridized carbons (Fsp3) is 0.571. The number of halogens is 1. The van der Waals surface area contributed by atoms with E-state index in [1.165, 1.54) is 6.07 Å². The van der Waals surface area contributed by atoms with E-state index >= 15 is 0 Å². The van der Waals surface area contributed by atoms with Crippen LogP contribution in [0.15, 0.2) is 18.2 Å². The summed E-state index contributed by atoms with van der Waals surface area (Å²) >= 11 is 0. The minimum atomic E-state index is -0.328. The minimum Gasteiger partial charge on any atom is -0.395 e. The highest BCUT2D eigenvalue weighted by atomic mass is 19.1. The molecule has 1 aromatic carbocycles. The van der Waals surface area contributed by atoms with Gasteiger partial charge in [-0.1, -0.05) is 6.07 Å². The van der Waals surface area contributed by atoms with Crippen LogP contribution in [0.2, 0.25) is 0 Å². The molecule has 0 aromatic heterocycles. The fourth-order valence-corrected chi connectivity index (χ4v) is 2.42. The lowest BCUT2D eigenvalue weighted by Crippen LogP contribution is -2.53. The van der Waals surface area contributed by atoms with Gasteiger partial charge in [-0.25, -0.2) is 4.39 Å². The van der Waals surface area contributed by atoms with Gasteiger partial charge in [0.05, 0.1) is 11.4 Å². The van der Waals surface area contributed by atoms with E-state index in [-0.39, 0.29) is 17.0 Å². The number of hydrogen-bond donors (Lipinski definition) is 1. The van der Waals surface area contributed by atoms with Gasteiger partial charge in [0, 0.05) is 31.7 Å². The van der Waals surface area contributed by atoms with Crippen LogP contribution in [-0.4, -0.2) is 36.6 Å². The molecule has 0 unspecified atom stereocenters. The number of piperazine rings is 1. The third-order valence-electron chi connectivity index (χ3n) is 3.60. The molecule has 4 heteroatoms. The third-order valence-corrected chi connectivity index (χ3v) is 3.60. The van der Waals surface area contributed by atoms with Crippen molar-refractivity contribution in [2.75, 3.05) is 36.8 Å². The lowest BCUT2D eigenvalue weighted by Gasteiger charge is -2.43. The maximum absolute atomic E-state index is 13.4. The summed E-state index contributed by atoms with van der Waals surface area (Å²) in [6.07, 6.45) is 0. The Labute approximate surface area is 108 Å². The van der Waals surface area contributed by atoms with Crippen molar-refractivity contribution in [3.8, 4) is 0 Å². The number of nitrogens with two attached hydrogens (primary N) is 1. The van der Waals surface area contributed by atoms with Crippen molar-refractivity contribution in [2.24, 2.45) is 0 Å². The van der Waals surface area contributed by atoms with Crippen LogP contribution in [0.4, 0.5) is 15.8 Å². The second-order valence-electron chi connectivity index (χ2n) is 5.82. The monoisotopic (exact) mass is 251 g/mol. The average Bonchev–Trinajstić information content (AvgIpc) is 2.32. The second-order valence-corrected chi connectivity index (χ2v) is 5.82. The van der Waals surface area contributed by atoms with Crippen LogP contribution in [0, 0.1) is 5.82 Å². The predicted molar refractivity (Wildman–Crippen MR) is 74.4 cm³/mol. The smallest absolute Gasteiger partial charge is 0.148 e. The van der Waals surface area contributed by atoms with Gasteiger partial charge in [0.2, 0.25) is 0 Å². The zero-order valence-electron chi connectivity index (χ0n) is 11.4. The lowest BCUT2D eigenvalue weighted by atomic mass is 10.0. The third kappa shape index (κ3) is 2.58. The molecule has 1 aromatic rings. The van der Waals surface area contributed by atoms with Gasteiger partial charge in [-0.3, -0.25) is 4.90 Å². The summed E-state index contributed by atoms with van der Waals surface area (Å²) in [6.45, 7) is 10.4. The molecule has 3 nitrogen and oxygen atoms in total. The minimum absolute atomic E-state index is 0.194. The van der Waals surface area contributed by atoms with E-state index < -0.39 is 0 Å². The summed E-state index contributed by atoms with van der Waals surface area (Å²) < 4.78 is 13.4. The van der Waals surface area contributed by atoms with E-state index in [1.807, 2.05) is 6.07 Å². The van der Waals surface area contributed by atoms with Gasteiger partial charge in [0.15, 0.2) is 0 Å². The van der Waals surface area contributed by atoms with Crippen molar-refractivity contribution in [1.82, 2.24) is 4.90 Å². The summed E-state index contributed by atoms with van der Waals surface area (Å²) in [7, 11) is 0. The van der Waals surface area contributed by atoms with Crippen LogP contribution in [0.25, 0.3) is 0 Å². The largest absolute Gasteiger partial charge is 0.395 e. The first-order valence-electron chi connectivity index (χ1n) is 6.43. The van der Waals surface area contributed by atoms with Gasteiger partial charge in [0.1, 0.15) is 5.82 Å². The van der Waals surface area contributed by atoms with Crippen molar-refractivity contribution in [3.63, 3.8) is 0 Å². The van der Waals surface area contributed by atoms with E-state index in [2.05, 4.69) is 30.6 Å². The summed E-state index contributed by atoms with van der Waals surface area (Å²) in [5.41, 5.74) is 7.09. The summed E-state index contributed by atoms with van der Waals surface area (Å²) in [5, 5.41) is 0. The SMILES string of the molecule is CC(C)(C)N1CCN(c2cccc(F)c2N)CC1. The van der Waals surface area contributed by atoms with Gasteiger partial charge in [-0.2, -0.15) is 0 Å². The molecule has 1 aliphatic rings. The quantitative estimate of drug-likeness (QED) is 0.778. The number of nitrogens with zero attached hydrogens (tertiary/aromatic N) is 2. The van der Waals surface area contributed by atoms with E-state index in [4.69, 9.17) is 5.73 Å². The number of benzene rings is 1. The molecule has 1 aliphatic heterocycles. The van der Waals surface area contributed by atoms with Crippen molar-refractivity contribution in [1.29, 1.82) is 0 Å². The Morgan fingerprint density at radius 1 is 1.11 bits per heavy atom. The van der Waals surface area contributed by atoms with Crippen molar-refractivity contribution in [3.05, 3.63) is 24.0 Å². The molecule has 2 N–H and O–H groups in total. The maximum Gasteiger partial charge on any atom is 0.148 e. The van der Waals surface area contributed by atoms with E-state index in [0.717, 1.165) is 31.9 Å². The molecule has 0 saturated carbocycles. The standard InChI is InChI=1S/C14H22FN3/c1-14(2,3)18-9-7-17(8-10-18)12-6-4-5-11(15)13(12)16/h4-6H,7-10,16H2,1-3H3. The first kappa shape index (κ1) is 13.1. The zero-order valence-corrected chi connectivity index (χ0v) is 11.4. The summed E-state index contributed by atoms with van der Waals surface area (Å²) in [4.78, 5) is 4.61. The molecule has 1 saturated heterocycles. The number of para-hydroxylation sites is 1. The van der Waals surface area contributed by atoms with Crippen LogP contribution >= 0.6 is 0 Å². The molecular formula is C14H22FN3. The van der Waals surface area contributed by atoms with E-state index in [1.54, 1.807) is 6.07 Å². The molecule has 1 heterocycles. The van der Waals surface area contributed by atoms with Crippen LogP contribution in [-0.2, 0) is 0 Å². The van der Waals surface area contributed by atoms with Crippen LogP contribution < -0.4 is 10.6 Å². The highest BCUT2D eigenvalue weighted by Crippen LogP contribution is 2.27. The first-order valence-corrected chi connectivity index (χ1v) is 6.43. The second kappa shape index (κ2) is 4.76. The van der Waals surface area contributed by atoms with E-state index in [9.17, 15) is 4.39 Å². The van der Waals surface area contributed by atoms with E-state index in [0.29, 0.717) is 0 Å². The Kier molecular flexibility index (Phi) is 3.48. The summed E-state index contributed by atoms with van der Waals surface area (Å²) in [6, 6.07) is 5.02. The normalized spacial score (nSPS) is 18.1. The molecule has 2 rings (SSSR count). The highest BCUT2D eigenvalue weighted by molar-refractivity contribution is 5.68. The topological polar surface area (TPSA) is 32.5 Å². The molecule has 0 amide bonds. The Hall–Kier alpha value is -1.29. The average molecular weight is 251 g/mol. The van der Waals surface area contributed by atoms with Gasteiger partial charge >= 0.3 is 0 Å². The number of anilines is 2. The molecule has 18 heavy (non-hydrogen) atoms. The number of nitrogen functional groups attached to an aromatic ring is 1. The molecule has 0 radical (unpaired) electrons. The number of hydrogen-bond acceptors (Lipinski definition) is 3. The molecule has 1 fully saturated rings. The highest BCUT2D eigenvalue weighted by Gasteiger charge is 2.26. The van der Waals surface area contributed by atoms with Crippen LogP contribution in [0.5, 0.6) is 0 Å². The Balaban J connectivity index is 2.08. The molecule has 0 spiro atoms. The molecular weight excluding hydrogens is 229 g/mol. The zero-order chi connectivity index (χ0) is 13.3. The van der Waals surface area contributed by atoms with Crippen molar-refractivity contribution >= 4 is 11.4 Å². The Morgan fingerprint density at radius 2 is 1.72 bits per heavy atom. The van der Waals surface area contributed by atoms with Crippen molar-refractivity contribution < 1.29 is 4.39 Å². The predicted octanol–water partition coefficient (Wildman–Crippen LogP) is 2.33. The lowest BCUT2D eigenvalue weighted by molar-refractivity contribution is 0.128. The maximum atomic E-state index is 13.4. The molecule has 0 atom stereocenters. The first-order chi connectivity index (χ1) is 8.39. The van der Waals surface area contributed by atoms with Gasteiger partial charge in [0.25, 0.3) is 0 Å². The number of rotatable bonds is 1. The Bertz CT molecular complexity index is 418. The molecule has 100 valence electrons. The van der Waals surface area contributed by atoms with Crippen LogP contribution in [0.1, 0.15) is 20.8 Å².